The van der Waals surface area contributed by atoms with E-state index in [1.165, 1.54) is 0 Å². The number of hydrogen-bond acceptors (Lipinski definition) is 6. The molecule has 1 aromatic heterocycles. The molecule has 31 heavy (non-hydrogen) atoms. The quantitative estimate of drug-likeness (QED) is 0.486. The number of hydrogen-bond donors (Lipinski definition) is 3. The summed E-state index contributed by atoms with van der Waals surface area (Å²) in [6.45, 7) is 0. The van der Waals surface area contributed by atoms with Gasteiger partial charge in [-0.1, -0.05) is 11.6 Å². The topological polar surface area (TPSA) is 83.0 Å². The SMILES string of the molecule is [B]C1([B])CCC(c2nc(NC3CC(F)(F)C3)nc(NC3CC(F)(F)C3)n2)=C(F)C1([B])O. The molecule has 0 spiro atoms. The summed E-state index contributed by atoms with van der Waals surface area (Å²) >= 11 is 0. The van der Waals surface area contributed by atoms with E-state index >= 15 is 0 Å². The Labute approximate surface area is 179 Å². The van der Waals surface area contributed by atoms with Crippen molar-refractivity contribution in [3.8, 4) is 0 Å². The maximum absolute atomic E-state index is 15.0. The van der Waals surface area contributed by atoms with Crippen molar-refractivity contribution in [2.24, 2.45) is 0 Å². The van der Waals surface area contributed by atoms with Crippen molar-refractivity contribution in [1.29, 1.82) is 0 Å². The second kappa shape index (κ2) is 7.08. The van der Waals surface area contributed by atoms with Crippen LogP contribution >= 0.6 is 0 Å². The van der Waals surface area contributed by atoms with Crippen molar-refractivity contribution < 1.29 is 27.1 Å². The highest BCUT2D eigenvalue weighted by Crippen LogP contribution is 2.49. The lowest BCUT2D eigenvalue weighted by Crippen LogP contribution is -2.48. The lowest BCUT2D eigenvalue weighted by atomic mass is 9.37. The maximum Gasteiger partial charge on any atom is 0.252 e. The third kappa shape index (κ3) is 4.27. The van der Waals surface area contributed by atoms with Gasteiger partial charge < -0.3 is 15.7 Å². The molecule has 1 aromatic rings. The van der Waals surface area contributed by atoms with Crippen LogP contribution in [0, 0.1) is 0 Å². The predicted octanol–water partition coefficient (Wildman–Crippen LogP) is 2.08. The number of halogens is 5. The Morgan fingerprint density at radius 3 is 1.71 bits per heavy atom. The average Bonchev–Trinajstić information content (AvgIpc) is 2.57. The van der Waals surface area contributed by atoms with Crippen LogP contribution in [0.25, 0.3) is 5.57 Å². The molecule has 0 saturated heterocycles. The van der Waals surface area contributed by atoms with Gasteiger partial charge in [-0.05, 0) is 6.42 Å². The van der Waals surface area contributed by atoms with E-state index in [1.807, 2.05) is 0 Å². The smallest absolute Gasteiger partial charge is 0.252 e. The summed E-state index contributed by atoms with van der Waals surface area (Å²) in [5, 5.41) is 13.8. The minimum Gasteiger partial charge on any atom is -0.394 e. The van der Waals surface area contributed by atoms with Crippen LogP contribution in [0.5, 0.6) is 0 Å². The molecule has 1 heterocycles. The molecule has 0 amide bonds. The summed E-state index contributed by atoms with van der Waals surface area (Å²) in [5.41, 5.74) is -2.89. The number of alkyl halides is 4. The largest absolute Gasteiger partial charge is 0.394 e. The second-order valence-electron chi connectivity index (χ2n) is 8.62. The van der Waals surface area contributed by atoms with Crippen LogP contribution in [0.4, 0.5) is 33.8 Å². The van der Waals surface area contributed by atoms with Crippen LogP contribution < -0.4 is 10.6 Å². The highest BCUT2D eigenvalue weighted by Gasteiger charge is 2.48. The standard InChI is InChI=1S/C17H17B3F5N5O/c18-16(19)2-1-9(10(21)17(16,20)31)11-28-12(26-7-3-14(22,23)4-7)30-13(29-11)27-8-5-15(24,25)6-8/h7-8,31H,1-6H2,(H2,26,27,28,29,30). The number of rotatable bonds is 5. The molecule has 1 unspecified atom stereocenters. The highest BCUT2D eigenvalue weighted by molar-refractivity contribution is 6.45. The van der Waals surface area contributed by atoms with Crippen LogP contribution in [-0.2, 0) is 0 Å². The van der Waals surface area contributed by atoms with Gasteiger partial charge >= 0.3 is 0 Å². The first kappa shape index (κ1) is 22.4. The summed E-state index contributed by atoms with van der Waals surface area (Å²) in [7, 11) is 17.0. The monoisotopic (exact) mass is 435 g/mol. The molecule has 4 rings (SSSR count). The number of nitrogens with one attached hydrogen (secondary N) is 2. The van der Waals surface area contributed by atoms with Crippen molar-refractivity contribution in [1.82, 2.24) is 15.0 Å². The first-order chi connectivity index (χ1) is 14.2. The molecule has 14 heteroatoms. The third-order valence-corrected chi connectivity index (χ3v) is 5.85. The van der Waals surface area contributed by atoms with E-state index in [2.05, 4.69) is 25.6 Å². The minimum absolute atomic E-state index is 0.0791. The van der Waals surface area contributed by atoms with E-state index in [0.29, 0.717) is 0 Å². The van der Waals surface area contributed by atoms with Crippen LogP contribution in [0.2, 0.25) is 5.21 Å². The molecule has 1 atom stereocenters. The van der Waals surface area contributed by atoms with E-state index in [4.69, 9.17) is 23.5 Å². The molecule has 3 N–H and O–H groups in total. The number of nitrogens with zero attached hydrogens (tertiary/aromatic N) is 3. The summed E-state index contributed by atoms with van der Waals surface area (Å²) < 4.78 is 67.6. The van der Waals surface area contributed by atoms with Crippen molar-refractivity contribution in [3.63, 3.8) is 0 Å². The Morgan fingerprint density at radius 2 is 1.29 bits per heavy atom. The van der Waals surface area contributed by atoms with Crippen molar-refractivity contribution >= 4 is 41.0 Å². The van der Waals surface area contributed by atoms with Crippen LogP contribution in [0.3, 0.4) is 0 Å². The number of aliphatic hydroxyl groups is 1. The molecular weight excluding hydrogens is 418 g/mol. The molecule has 2 fully saturated rings. The van der Waals surface area contributed by atoms with Gasteiger partial charge in [-0.15, -0.1) is 0 Å². The fourth-order valence-electron chi connectivity index (χ4n) is 3.81. The van der Waals surface area contributed by atoms with Crippen LogP contribution in [-0.4, -0.2) is 73.0 Å². The molecular formula is C17H17B3F5N5O. The fraction of sp³-hybridized carbons (Fsp3) is 0.706. The van der Waals surface area contributed by atoms with E-state index in [1.54, 1.807) is 0 Å². The van der Waals surface area contributed by atoms with E-state index in [-0.39, 0.29) is 36.1 Å². The van der Waals surface area contributed by atoms with E-state index < -0.39 is 66.2 Å². The van der Waals surface area contributed by atoms with Gasteiger partial charge in [-0.2, -0.15) is 15.0 Å². The van der Waals surface area contributed by atoms with Gasteiger partial charge in [-0.3, -0.25) is 0 Å². The summed E-state index contributed by atoms with van der Waals surface area (Å²) in [5.74, 6) is -7.36. The van der Waals surface area contributed by atoms with Crippen molar-refractivity contribution in [2.45, 2.75) is 73.2 Å². The normalized spacial score (nSPS) is 29.7. The first-order valence-corrected chi connectivity index (χ1v) is 9.71. The number of anilines is 2. The number of allylic oxidation sites excluding steroid dienone is 1. The molecule has 0 aliphatic heterocycles. The lowest BCUT2D eigenvalue weighted by Gasteiger charge is -2.45. The molecule has 3 aliphatic rings. The van der Waals surface area contributed by atoms with Gasteiger partial charge in [-0.25, -0.2) is 22.0 Å². The molecule has 6 radical (unpaired) electrons. The molecule has 0 aromatic carbocycles. The summed E-state index contributed by atoms with van der Waals surface area (Å²) in [6.07, 6.45) is -1.93. The van der Waals surface area contributed by atoms with Gasteiger partial charge in [0.05, 0.1) is 21.2 Å². The van der Waals surface area contributed by atoms with Gasteiger partial charge in [0, 0.05) is 43.3 Å². The van der Waals surface area contributed by atoms with Gasteiger partial charge in [0.25, 0.3) is 11.8 Å². The lowest BCUT2D eigenvalue weighted by molar-refractivity contribution is -0.0799. The minimum atomic E-state index is -2.80. The third-order valence-electron chi connectivity index (χ3n) is 5.85. The zero-order chi connectivity index (χ0) is 22.8. The highest BCUT2D eigenvalue weighted by atomic mass is 19.3. The summed E-state index contributed by atoms with van der Waals surface area (Å²) in [6, 6.07) is -1.24. The maximum atomic E-state index is 15.0. The van der Waals surface area contributed by atoms with Gasteiger partial charge in [0.2, 0.25) is 11.9 Å². The predicted molar refractivity (Wildman–Crippen MR) is 105 cm³/mol. The van der Waals surface area contributed by atoms with Crippen LogP contribution in [0.15, 0.2) is 5.83 Å². The fourth-order valence-corrected chi connectivity index (χ4v) is 3.81. The van der Waals surface area contributed by atoms with Crippen molar-refractivity contribution in [2.75, 3.05) is 10.6 Å². The van der Waals surface area contributed by atoms with Crippen molar-refractivity contribution in [3.05, 3.63) is 11.7 Å². The van der Waals surface area contributed by atoms with E-state index in [0.717, 1.165) is 0 Å². The Hall–Kier alpha value is -1.85. The zero-order valence-corrected chi connectivity index (χ0v) is 16.3. The van der Waals surface area contributed by atoms with E-state index in [9.17, 15) is 27.1 Å². The molecule has 0 bridgehead atoms. The van der Waals surface area contributed by atoms with Gasteiger partial charge in [0.15, 0.2) is 5.82 Å². The first-order valence-electron chi connectivity index (χ1n) is 9.71. The second-order valence-corrected chi connectivity index (χ2v) is 8.62. The van der Waals surface area contributed by atoms with Gasteiger partial charge in [0.1, 0.15) is 13.7 Å². The zero-order valence-electron chi connectivity index (χ0n) is 16.3. The molecule has 3 aliphatic carbocycles. The molecule has 2 saturated carbocycles. The van der Waals surface area contributed by atoms with Crippen LogP contribution in [0.1, 0.15) is 44.3 Å². The Morgan fingerprint density at radius 1 is 0.839 bits per heavy atom. The Bertz CT molecular complexity index is 869. The number of aromatic nitrogens is 3. The summed E-state index contributed by atoms with van der Waals surface area (Å²) in [4.78, 5) is 12.2. The molecule has 160 valence electrons. The Balaban J connectivity index is 1.64. The molecule has 6 nitrogen and oxygen atoms in total. The Kier molecular flexibility index (Phi) is 5.10. The average molecular weight is 435 g/mol.